The molecule has 0 saturated carbocycles. The van der Waals surface area contributed by atoms with E-state index in [4.69, 9.17) is 22.9 Å². The summed E-state index contributed by atoms with van der Waals surface area (Å²) in [5.41, 5.74) is 22.1. The van der Waals surface area contributed by atoms with E-state index < -0.39 is 5.66 Å². The predicted molar refractivity (Wildman–Crippen MR) is 52.2 cm³/mol. The fraction of sp³-hybridized carbons (Fsp3) is 1.00. The average Bonchev–Trinajstić information content (AvgIpc) is 1.99. The van der Waals surface area contributed by atoms with Crippen LogP contribution in [0.3, 0.4) is 0 Å². The van der Waals surface area contributed by atoms with Crippen LogP contribution in [0.1, 0.15) is 26.2 Å². The third-order valence-electron chi connectivity index (χ3n) is 2.35. The van der Waals surface area contributed by atoms with Gasteiger partial charge in [0.15, 0.2) is 0 Å². The molecule has 0 aliphatic heterocycles. The first-order valence-electron chi connectivity index (χ1n) is 4.56. The molecule has 0 bridgehead atoms. The van der Waals surface area contributed by atoms with Crippen molar-refractivity contribution in [2.75, 3.05) is 13.1 Å². The van der Waals surface area contributed by atoms with Crippen molar-refractivity contribution in [2.24, 2.45) is 28.9 Å². The summed E-state index contributed by atoms with van der Waals surface area (Å²) in [5, 5.41) is 0. The normalized spacial score (nSPS) is 14.8. The molecule has 0 heterocycles. The van der Waals surface area contributed by atoms with Gasteiger partial charge in [0.25, 0.3) is 0 Å². The zero-order chi connectivity index (χ0) is 9.61. The molecule has 74 valence electrons. The molecule has 0 rings (SSSR count). The van der Waals surface area contributed by atoms with E-state index in [1.165, 1.54) is 0 Å². The molecule has 0 fully saturated rings. The van der Waals surface area contributed by atoms with Crippen LogP contribution >= 0.6 is 0 Å². The van der Waals surface area contributed by atoms with Gasteiger partial charge < -0.3 is 22.9 Å². The maximum Gasteiger partial charge on any atom is 0.0678 e. The maximum atomic E-state index is 5.91. The molecule has 0 aliphatic carbocycles. The van der Waals surface area contributed by atoms with Crippen molar-refractivity contribution < 1.29 is 0 Å². The molecular formula is C8H22N4. The third kappa shape index (κ3) is 3.49. The number of hydrogen-bond acceptors (Lipinski definition) is 4. The Hall–Kier alpha value is -0.160. The molecule has 0 aromatic carbocycles. The van der Waals surface area contributed by atoms with E-state index in [1.807, 2.05) is 0 Å². The molecule has 1 unspecified atom stereocenters. The molecule has 0 aliphatic rings. The van der Waals surface area contributed by atoms with E-state index in [9.17, 15) is 0 Å². The quantitative estimate of drug-likeness (QED) is 0.401. The Balaban J connectivity index is 4.05. The highest BCUT2D eigenvalue weighted by Crippen LogP contribution is 2.19. The SMILES string of the molecule is CCC(CCN)C(N)(N)CCN. The van der Waals surface area contributed by atoms with Crippen LogP contribution in [0.2, 0.25) is 0 Å². The van der Waals surface area contributed by atoms with Gasteiger partial charge in [0, 0.05) is 0 Å². The van der Waals surface area contributed by atoms with E-state index in [-0.39, 0.29) is 5.92 Å². The lowest BCUT2D eigenvalue weighted by atomic mass is 9.86. The molecule has 0 amide bonds. The Labute approximate surface area is 74.7 Å². The minimum Gasteiger partial charge on any atom is -0.330 e. The summed E-state index contributed by atoms with van der Waals surface area (Å²) in [6.45, 7) is 3.25. The van der Waals surface area contributed by atoms with Crippen molar-refractivity contribution in [1.29, 1.82) is 0 Å². The zero-order valence-electron chi connectivity index (χ0n) is 7.92. The van der Waals surface area contributed by atoms with Crippen molar-refractivity contribution >= 4 is 0 Å². The van der Waals surface area contributed by atoms with E-state index in [0.717, 1.165) is 12.8 Å². The van der Waals surface area contributed by atoms with Crippen LogP contribution in [0.4, 0.5) is 0 Å². The predicted octanol–water partition coefficient (Wildman–Crippen LogP) is -0.676. The van der Waals surface area contributed by atoms with Crippen molar-refractivity contribution in [3.63, 3.8) is 0 Å². The molecular weight excluding hydrogens is 152 g/mol. The van der Waals surface area contributed by atoms with Gasteiger partial charge in [-0.05, 0) is 31.8 Å². The summed E-state index contributed by atoms with van der Waals surface area (Å²) in [7, 11) is 0. The first-order chi connectivity index (χ1) is 5.58. The second-order valence-corrected chi connectivity index (χ2v) is 3.33. The molecule has 8 N–H and O–H groups in total. The van der Waals surface area contributed by atoms with E-state index in [0.29, 0.717) is 19.5 Å². The van der Waals surface area contributed by atoms with Crippen LogP contribution in [0.25, 0.3) is 0 Å². The minimum atomic E-state index is -0.636. The van der Waals surface area contributed by atoms with Gasteiger partial charge in [-0.25, -0.2) is 0 Å². The Bertz CT molecular complexity index is 114. The number of hydrogen-bond donors (Lipinski definition) is 4. The first-order valence-corrected chi connectivity index (χ1v) is 4.56. The molecule has 12 heavy (non-hydrogen) atoms. The lowest BCUT2D eigenvalue weighted by Gasteiger charge is -2.32. The smallest absolute Gasteiger partial charge is 0.0678 e. The van der Waals surface area contributed by atoms with Gasteiger partial charge in [0.2, 0.25) is 0 Å². The highest BCUT2D eigenvalue weighted by molar-refractivity contribution is 4.85. The van der Waals surface area contributed by atoms with Crippen molar-refractivity contribution in [2.45, 2.75) is 31.8 Å². The molecule has 4 nitrogen and oxygen atoms in total. The van der Waals surface area contributed by atoms with E-state index >= 15 is 0 Å². The third-order valence-corrected chi connectivity index (χ3v) is 2.35. The van der Waals surface area contributed by atoms with Crippen molar-refractivity contribution in [3.8, 4) is 0 Å². The van der Waals surface area contributed by atoms with Gasteiger partial charge in [0.1, 0.15) is 0 Å². The Morgan fingerprint density at radius 2 is 1.75 bits per heavy atom. The van der Waals surface area contributed by atoms with Gasteiger partial charge >= 0.3 is 0 Å². The van der Waals surface area contributed by atoms with Crippen LogP contribution < -0.4 is 22.9 Å². The van der Waals surface area contributed by atoms with Crippen LogP contribution in [-0.4, -0.2) is 18.8 Å². The zero-order valence-corrected chi connectivity index (χ0v) is 7.92. The summed E-state index contributed by atoms with van der Waals surface area (Å²) in [6.07, 6.45) is 2.50. The van der Waals surface area contributed by atoms with E-state index in [2.05, 4.69) is 6.92 Å². The summed E-state index contributed by atoms with van der Waals surface area (Å²) in [6, 6.07) is 0. The van der Waals surface area contributed by atoms with Gasteiger partial charge in [-0.1, -0.05) is 13.3 Å². The minimum absolute atomic E-state index is 0.283. The number of rotatable bonds is 6. The highest BCUT2D eigenvalue weighted by atomic mass is 15.0. The fourth-order valence-electron chi connectivity index (χ4n) is 1.51. The van der Waals surface area contributed by atoms with Gasteiger partial charge in [-0.2, -0.15) is 0 Å². The van der Waals surface area contributed by atoms with Crippen molar-refractivity contribution in [3.05, 3.63) is 0 Å². The largest absolute Gasteiger partial charge is 0.330 e. The number of nitrogens with two attached hydrogens (primary N) is 4. The molecule has 0 spiro atoms. The Kier molecular flexibility index (Phi) is 5.41. The summed E-state index contributed by atoms with van der Waals surface area (Å²) < 4.78 is 0. The van der Waals surface area contributed by atoms with Crippen LogP contribution in [0.15, 0.2) is 0 Å². The maximum absolute atomic E-state index is 5.91. The lowest BCUT2D eigenvalue weighted by molar-refractivity contribution is 0.244. The second-order valence-electron chi connectivity index (χ2n) is 3.33. The summed E-state index contributed by atoms with van der Waals surface area (Å²) in [5.74, 6) is 0.283. The molecule has 0 saturated heterocycles. The molecule has 1 atom stereocenters. The van der Waals surface area contributed by atoms with Crippen LogP contribution in [0, 0.1) is 5.92 Å². The highest BCUT2D eigenvalue weighted by Gasteiger charge is 2.27. The Morgan fingerprint density at radius 1 is 1.17 bits per heavy atom. The standard InChI is InChI=1S/C8H22N4/c1-2-7(3-5-9)8(11,12)4-6-10/h7H,2-6,9-12H2,1H3. The Morgan fingerprint density at radius 3 is 2.08 bits per heavy atom. The van der Waals surface area contributed by atoms with Crippen molar-refractivity contribution in [1.82, 2.24) is 0 Å². The fourth-order valence-corrected chi connectivity index (χ4v) is 1.51. The van der Waals surface area contributed by atoms with Gasteiger partial charge in [-0.3, -0.25) is 0 Å². The molecule has 0 aromatic heterocycles. The molecule has 0 aromatic rings. The van der Waals surface area contributed by atoms with Gasteiger partial charge in [0.05, 0.1) is 5.66 Å². The summed E-state index contributed by atoms with van der Waals surface area (Å²) >= 11 is 0. The summed E-state index contributed by atoms with van der Waals surface area (Å²) in [4.78, 5) is 0. The topological polar surface area (TPSA) is 104 Å². The average molecular weight is 174 g/mol. The van der Waals surface area contributed by atoms with Crippen LogP contribution in [-0.2, 0) is 0 Å². The van der Waals surface area contributed by atoms with E-state index in [1.54, 1.807) is 0 Å². The monoisotopic (exact) mass is 174 g/mol. The second kappa shape index (κ2) is 5.48. The van der Waals surface area contributed by atoms with Crippen LogP contribution in [0.5, 0.6) is 0 Å². The molecule has 0 radical (unpaired) electrons. The lowest BCUT2D eigenvalue weighted by Crippen LogP contribution is -2.56. The van der Waals surface area contributed by atoms with Gasteiger partial charge in [-0.15, -0.1) is 0 Å². The first kappa shape index (κ1) is 11.8. The molecule has 4 heteroatoms.